The minimum Gasteiger partial charge on any atom is -0.396 e. The molecule has 0 aliphatic carbocycles. The zero-order valence-corrected chi connectivity index (χ0v) is 23.5. The van der Waals surface area contributed by atoms with E-state index in [-0.39, 0.29) is 18.6 Å². The van der Waals surface area contributed by atoms with E-state index in [1.807, 2.05) is 44.3 Å². The van der Waals surface area contributed by atoms with Gasteiger partial charge in [0.25, 0.3) is 0 Å². The molecule has 196 valence electrons. The number of rotatable bonds is 12. The van der Waals surface area contributed by atoms with Crippen LogP contribution < -0.4 is 16.0 Å². The number of nitrogens with one attached hydrogen (secondary N) is 3. The fourth-order valence-corrected chi connectivity index (χ4v) is 3.76. The molecule has 0 radical (unpaired) electrons. The van der Waals surface area contributed by atoms with Crippen molar-refractivity contribution >= 4 is 28.9 Å². The van der Waals surface area contributed by atoms with Gasteiger partial charge in [-0.1, -0.05) is 67.2 Å². The minimum absolute atomic E-state index is 0.181. The van der Waals surface area contributed by atoms with Crippen LogP contribution >= 0.6 is 12.2 Å². The summed E-state index contributed by atoms with van der Waals surface area (Å²) in [6.45, 7) is 12.0. The molecule has 36 heavy (non-hydrogen) atoms. The first-order valence-corrected chi connectivity index (χ1v) is 13.2. The summed E-state index contributed by atoms with van der Waals surface area (Å²) >= 11 is 5.78. The summed E-state index contributed by atoms with van der Waals surface area (Å²) in [6.07, 6.45) is 1.87. The lowest BCUT2D eigenvalue weighted by molar-refractivity contribution is 0.225. The molecular weight excluding hydrogens is 466 g/mol. The Kier molecular flexibility index (Phi) is 12.4. The van der Waals surface area contributed by atoms with Crippen LogP contribution in [0.4, 0.5) is 5.69 Å². The molecule has 0 saturated heterocycles. The highest BCUT2D eigenvalue weighted by Crippen LogP contribution is 2.13. The molecule has 0 amide bonds. The molecule has 2 rings (SSSR count). The van der Waals surface area contributed by atoms with Gasteiger partial charge in [0.2, 0.25) is 0 Å². The molecule has 0 bridgehead atoms. The molecule has 7 heteroatoms. The van der Waals surface area contributed by atoms with Crippen molar-refractivity contribution in [3.63, 3.8) is 0 Å². The molecule has 6 nitrogen and oxygen atoms in total. The van der Waals surface area contributed by atoms with Gasteiger partial charge in [-0.25, -0.2) is 4.99 Å². The first-order valence-electron chi connectivity index (χ1n) is 12.8. The summed E-state index contributed by atoms with van der Waals surface area (Å²) in [5, 5.41) is 19.9. The Labute approximate surface area is 222 Å². The van der Waals surface area contributed by atoms with E-state index in [4.69, 9.17) is 17.2 Å². The third kappa shape index (κ3) is 9.99. The van der Waals surface area contributed by atoms with Crippen LogP contribution in [-0.2, 0) is 6.54 Å². The number of aliphatic hydroxyl groups is 1. The fraction of sp³-hybridized carbons (Fsp3) is 0.448. The van der Waals surface area contributed by atoms with Crippen molar-refractivity contribution in [2.45, 2.75) is 60.0 Å². The molecule has 0 saturated carbocycles. The first-order chi connectivity index (χ1) is 17.2. The van der Waals surface area contributed by atoms with E-state index in [2.05, 4.69) is 72.8 Å². The van der Waals surface area contributed by atoms with Crippen molar-refractivity contribution in [2.24, 2.45) is 10.9 Å². The highest BCUT2D eigenvalue weighted by Gasteiger charge is 2.16. The quantitative estimate of drug-likeness (QED) is 0.132. The largest absolute Gasteiger partial charge is 0.396 e. The number of aryl methyl sites for hydroxylation is 1. The molecule has 0 aliphatic rings. The number of guanidine groups is 1. The summed E-state index contributed by atoms with van der Waals surface area (Å²) in [4.78, 5) is 7.66. The van der Waals surface area contributed by atoms with Crippen molar-refractivity contribution in [3.05, 3.63) is 77.1 Å². The van der Waals surface area contributed by atoms with Gasteiger partial charge in [0.05, 0.1) is 6.54 Å². The van der Waals surface area contributed by atoms with Crippen LogP contribution in [0.2, 0.25) is 0 Å². The standard InChI is InChI=1S/C29H43N5OS/c1-7-34(6)29(30-19-25-13-11-12-21(2)18-25)33-27(31-23(4)17-16-22(3)20-35)24(5)28(36)32-26-14-9-8-10-15-26/h8-15,18,22-23,31,35H,7,16-17,19-20H2,1-6H3,(H,30,33)(H,32,36)/b27-24+/t22?,23-/m1/s1. The maximum atomic E-state index is 9.42. The third-order valence-electron chi connectivity index (χ3n) is 6.11. The molecule has 1 unspecified atom stereocenters. The van der Waals surface area contributed by atoms with Gasteiger partial charge >= 0.3 is 0 Å². The number of hydrogen-bond donors (Lipinski definition) is 4. The Morgan fingerprint density at radius 1 is 1.08 bits per heavy atom. The smallest absolute Gasteiger partial charge is 0.199 e. The Bertz CT molecular complexity index is 1020. The molecule has 0 heterocycles. The summed E-state index contributed by atoms with van der Waals surface area (Å²) in [5.74, 6) is 1.88. The lowest BCUT2D eigenvalue weighted by Crippen LogP contribution is -2.44. The number of para-hydroxylation sites is 1. The molecule has 4 N–H and O–H groups in total. The van der Waals surface area contributed by atoms with Gasteiger partial charge in [-0.15, -0.1) is 0 Å². The summed E-state index contributed by atoms with van der Waals surface area (Å²) in [7, 11) is 2.03. The van der Waals surface area contributed by atoms with Crippen molar-refractivity contribution in [1.29, 1.82) is 0 Å². The van der Waals surface area contributed by atoms with Gasteiger partial charge in [0.1, 0.15) is 10.8 Å². The van der Waals surface area contributed by atoms with Crippen LogP contribution in [-0.4, -0.2) is 47.2 Å². The predicted octanol–water partition coefficient (Wildman–Crippen LogP) is 5.45. The number of thiocarbonyl (C=S) groups is 1. The number of benzene rings is 2. The Hall–Kier alpha value is -2.90. The second-order valence-corrected chi connectivity index (χ2v) is 9.91. The zero-order valence-electron chi connectivity index (χ0n) is 22.6. The number of aliphatic hydroxyl groups excluding tert-OH is 1. The summed E-state index contributed by atoms with van der Waals surface area (Å²) in [6, 6.07) is 18.6. The number of hydrogen-bond acceptors (Lipinski definition) is 4. The van der Waals surface area contributed by atoms with E-state index in [1.165, 1.54) is 11.1 Å². The Balaban J connectivity index is 2.32. The Morgan fingerprint density at radius 2 is 1.81 bits per heavy atom. The van der Waals surface area contributed by atoms with Crippen LogP contribution in [0.15, 0.2) is 71.0 Å². The molecule has 0 spiro atoms. The van der Waals surface area contributed by atoms with Gasteiger partial charge in [-0.3, -0.25) is 0 Å². The third-order valence-corrected chi connectivity index (χ3v) is 6.52. The predicted molar refractivity (Wildman–Crippen MR) is 157 cm³/mol. The van der Waals surface area contributed by atoms with Crippen molar-refractivity contribution in [1.82, 2.24) is 15.5 Å². The monoisotopic (exact) mass is 509 g/mol. The second-order valence-electron chi connectivity index (χ2n) is 9.50. The van der Waals surface area contributed by atoms with E-state index in [9.17, 15) is 5.11 Å². The highest BCUT2D eigenvalue weighted by atomic mass is 32.1. The van der Waals surface area contributed by atoms with Crippen molar-refractivity contribution in [3.8, 4) is 0 Å². The average molecular weight is 510 g/mol. The van der Waals surface area contributed by atoms with Gasteiger partial charge < -0.3 is 26.0 Å². The minimum atomic E-state index is 0.181. The highest BCUT2D eigenvalue weighted by molar-refractivity contribution is 7.81. The molecule has 0 aliphatic heterocycles. The second kappa shape index (κ2) is 15.3. The molecular formula is C29H43N5OS. The van der Waals surface area contributed by atoms with Crippen LogP contribution in [0.25, 0.3) is 0 Å². The molecule has 2 aromatic rings. The summed E-state index contributed by atoms with van der Waals surface area (Å²) < 4.78 is 0. The lowest BCUT2D eigenvalue weighted by atomic mass is 10.0. The van der Waals surface area contributed by atoms with E-state index >= 15 is 0 Å². The van der Waals surface area contributed by atoms with Crippen LogP contribution in [0, 0.1) is 12.8 Å². The van der Waals surface area contributed by atoms with E-state index < -0.39 is 0 Å². The molecule has 0 fully saturated rings. The summed E-state index contributed by atoms with van der Waals surface area (Å²) in [5.41, 5.74) is 4.25. The number of aliphatic imine (C=N–C) groups is 1. The van der Waals surface area contributed by atoms with Gasteiger partial charge in [-0.2, -0.15) is 0 Å². The number of nitrogens with zero attached hydrogens (tertiary/aromatic N) is 2. The molecule has 2 aromatic carbocycles. The van der Waals surface area contributed by atoms with Gasteiger partial charge in [0.15, 0.2) is 5.96 Å². The molecule has 2 atom stereocenters. The van der Waals surface area contributed by atoms with Crippen LogP contribution in [0.1, 0.15) is 51.7 Å². The maximum Gasteiger partial charge on any atom is 0.199 e. The average Bonchev–Trinajstić information content (AvgIpc) is 2.88. The number of anilines is 1. The van der Waals surface area contributed by atoms with Gasteiger partial charge in [-0.05, 0) is 64.2 Å². The van der Waals surface area contributed by atoms with Crippen LogP contribution in [0.5, 0.6) is 0 Å². The Morgan fingerprint density at radius 3 is 2.44 bits per heavy atom. The van der Waals surface area contributed by atoms with Crippen molar-refractivity contribution < 1.29 is 5.11 Å². The van der Waals surface area contributed by atoms with E-state index in [0.29, 0.717) is 11.5 Å². The normalized spacial score (nSPS) is 13.9. The lowest BCUT2D eigenvalue weighted by Gasteiger charge is -2.27. The van der Waals surface area contributed by atoms with Gasteiger partial charge in [0, 0.05) is 37.5 Å². The topological polar surface area (TPSA) is 71.9 Å². The molecule has 0 aromatic heterocycles. The maximum absolute atomic E-state index is 9.42. The van der Waals surface area contributed by atoms with Crippen LogP contribution in [0.3, 0.4) is 0 Å². The van der Waals surface area contributed by atoms with E-state index in [0.717, 1.165) is 42.4 Å². The SMILES string of the molecule is CCN(C)C(=NCc1cccc(C)c1)N/C(N[C@H](C)CCC(C)CO)=C(\C)C(=S)Nc1ccccc1. The fourth-order valence-electron chi connectivity index (χ4n) is 3.54. The van der Waals surface area contributed by atoms with Crippen molar-refractivity contribution in [2.75, 3.05) is 25.5 Å². The zero-order chi connectivity index (χ0) is 26.5. The van der Waals surface area contributed by atoms with E-state index in [1.54, 1.807) is 0 Å². The first kappa shape index (κ1) is 29.3.